The third-order valence-corrected chi connectivity index (χ3v) is 5.91. The van der Waals surface area contributed by atoms with E-state index in [9.17, 15) is 0 Å². The van der Waals surface area contributed by atoms with Crippen molar-refractivity contribution in [3.63, 3.8) is 0 Å². The van der Waals surface area contributed by atoms with Crippen molar-refractivity contribution in [3.05, 3.63) is 11.7 Å². The standard InChI is InChI=1S/C29H58O4/c1-5-9-13-16-17-18-20-24-30-27-33-29(32-26-22-15-11-7-3)28(23-19-12-8-4)31-25-21-14-10-6-2/h5-27H2,1-4H3. The largest absolute Gasteiger partial charge is 0.491 e. The second kappa shape index (κ2) is 27.3. The normalized spacial score (nSPS) is 12.0. The molecule has 0 spiro atoms. The van der Waals surface area contributed by atoms with Crippen LogP contribution < -0.4 is 0 Å². The molecule has 0 aliphatic carbocycles. The van der Waals surface area contributed by atoms with Crippen molar-refractivity contribution in [1.29, 1.82) is 0 Å². The Bertz CT molecular complexity index is 408. The van der Waals surface area contributed by atoms with Gasteiger partial charge < -0.3 is 18.9 Å². The lowest BCUT2D eigenvalue weighted by atomic mass is 10.1. The van der Waals surface area contributed by atoms with Gasteiger partial charge in [0.2, 0.25) is 0 Å². The average Bonchev–Trinajstić information content (AvgIpc) is 2.82. The Morgan fingerprint density at radius 3 is 1.48 bits per heavy atom. The molecule has 0 aromatic carbocycles. The van der Waals surface area contributed by atoms with Gasteiger partial charge in [0.05, 0.1) is 19.8 Å². The molecule has 0 atom stereocenters. The number of unbranched alkanes of at least 4 members (excludes halogenated alkanes) is 14. The molecule has 0 heterocycles. The van der Waals surface area contributed by atoms with Crippen LogP contribution in [-0.2, 0) is 18.9 Å². The van der Waals surface area contributed by atoms with Crippen LogP contribution in [0.2, 0.25) is 0 Å². The first-order valence-corrected chi connectivity index (χ1v) is 14.5. The van der Waals surface area contributed by atoms with Crippen LogP contribution in [0.5, 0.6) is 0 Å². The van der Waals surface area contributed by atoms with Crippen molar-refractivity contribution >= 4 is 0 Å². The molecular weight excluding hydrogens is 412 g/mol. The number of hydrogen-bond acceptors (Lipinski definition) is 4. The van der Waals surface area contributed by atoms with Crippen molar-refractivity contribution in [2.75, 3.05) is 26.6 Å². The average molecular weight is 471 g/mol. The number of hydrogen-bond donors (Lipinski definition) is 0. The molecular formula is C29H58O4. The molecule has 0 fully saturated rings. The quantitative estimate of drug-likeness (QED) is 0.0680. The highest BCUT2D eigenvalue weighted by Crippen LogP contribution is 2.19. The van der Waals surface area contributed by atoms with Crippen molar-refractivity contribution < 1.29 is 18.9 Å². The van der Waals surface area contributed by atoms with Gasteiger partial charge in [-0.05, 0) is 25.7 Å². The molecule has 0 aromatic rings. The smallest absolute Gasteiger partial charge is 0.321 e. The van der Waals surface area contributed by atoms with Crippen LogP contribution in [-0.4, -0.2) is 26.6 Å². The van der Waals surface area contributed by atoms with Crippen LogP contribution >= 0.6 is 0 Å². The summed E-state index contributed by atoms with van der Waals surface area (Å²) >= 11 is 0. The monoisotopic (exact) mass is 470 g/mol. The molecule has 0 bridgehead atoms. The maximum Gasteiger partial charge on any atom is 0.321 e. The Morgan fingerprint density at radius 1 is 0.424 bits per heavy atom. The maximum absolute atomic E-state index is 6.19. The lowest BCUT2D eigenvalue weighted by molar-refractivity contribution is -0.0845. The van der Waals surface area contributed by atoms with Gasteiger partial charge in [-0.3, -0.25) is 0 Å². The predicted octanol–water partition coefficient (Wildman–Crippen LogP) is 9.67. The highest BCUT2D eigenvalue weighted by Gasteiger charge is 2.13. The van der Waals surface area contributed by atoms with Gasteiger partial charge in [0.1, 0.15) is 0 Å². The summed E-state index contributed by atoms with van der Waals surface area (Å²) < 4.78 is 24.1. The minimum Gasteiger partial charge on any atom is -0.491 e. The van der Waals surface area contributed by atoms with Gasteiger partial charge in [-0.1, -0.05) is 118 Å². The number of ether oxygens (including phenoxy) is 4. The van der Waals surface area contributed by atoms with Gasteiger partial charge in [-0.15, -0.1) is 0 Å². The van der Waals surface area contributed by atoms with Gasteiger partial charge in [-0.2, -0.15) is 0 Å². The molecule has 0 rings (SSSR count). The van der Waals surface area contributed by atoms with Gasteiger partial charge in [0.15, 0.2) is 12.6 Å². The topological polar surface area (TPSA) is 36.9 Å². The van der Waals surface area contributed by atoms with Gasteiger partial charge in [-0.25, -0.2) is 0 Å². The first kappa shape index (κ1) is 32.1. The Kier molecular flexibility index (Phi) is 26.6. The summed E-state index contributed by atoms with van der Waals surface area (Å²) in [4.78, 5) is 0. The Hall–Kier alpha value is -0.900. The number of rotatable bonds is 27. The van der Waals surface area contributed by atoms with E-state index in [2.05, 4.69) is 27.7 Å². The first-order chi connectivity index (χ1) is 16.3. The molecule has 0 N–H and O–H groups in total. The van der Waals surface area contributed by atoms with Crippen molar-refractivity contribution in [2.45, 2.75) is 150 Å². The fraction of sp³-hybridized carbons (Fsp3) is 0.931. The molecule has 0 radical (unpaired) electrons. The Labute approximate surface area is 207 Å². The highest BCUT2D eigenvalue weighted by atomic mass is 16.7. The maximum atomic E-state index is 6.19. The first-order valence-electron chi connectivity index (χ1n) is 14.5. The predicted molar refractivity (Wildman–Crippen MR) is 141 cm³/mol. The number of allylic oxidation sites excluding steroid dienone is 1. The molecule has 0 amide bonds. The third-order valence-electron chi connectivity index (χ3n) is 5.91. The van der Waals surface area contributed by atoms with Crippen LogP contribution in [0.4, 0.5) is 0 Å². The van der Waals surface area contributed by atoms with Crippen LogP contribution in [0.25, 0.3) is 0 Å². The SMILES string of the molecule is CCCCCCCCCOCOC(OCCCCCC)=C(CCCCC)OCCCCCC. The van der Waals surface area contributed by atoms with Crippen LogP contribution in [0.1, 0.15) is 150 Å². The summed E-state index contributed by atoms with van der Waals surface area (Å²) in [5.74, 6) is 1.45. The summed E-state index contributed by atoms with van der Waals surface area (Å²) in [6, 6.07) is 0. The highest BCUT2D eigenvalue weighted by molar-refractivity contribution is 4.95. The van der Waals surface area contributed by atoms with Crippen LogP contribution in [0.15, 0.2) is 11.7 Å². The molecule has 0 aromatic heterocycles. The van der Waals surface area contributed by atoms with Gasteiger partial charge in [0.25, 0.3) is 0 Å². The minimum atomic E-state index is 0.247. The van der Waals surface area contributed by atoms with E-state index in [0.29, 0.717) is 12.6 Å². The van der Waals surface area contributed by atoms with E-state index in [1.165, 1.54) is 89.9 Å². The molecule has 4 nitrogen and oxygen atoms in total. The second-order valence-corrected chi connectivity index (χ2v) is 9.28. The lowest BCUT2D eigenvalue weighted by Gasteiger charge is -2.18. The summed E-state index contributed by atoms with van der Waals surface area (Å²) in [5.41, 5.74) is 0. The van der Waals surface area contributed by atoms with Crippen LogP contribution in [0, 0.1) is 0 Å². The fourth-order valence-corrected chi connectivity index (χ4v) is 3.70. The zero-order valence-electron chi connectivity index (χ0n) is 22.9. The minimum absolute atomic E-state index is 0.247. The van der Waals surface area contributed by atoms with Crippen molar-refractivity contribution in [3.8, 4) is 0 Å². The lowest BCUT2D eigenvalue weighted by Crippen LogP contribution is -2.10. The van der Waals surface area contributed by atoms with Crippen LogP contribution in [0.3, 0.4) is 0 Å². The zero-order chi connectivity index (χ0) is 24.2. The molecule has 0 unspecified atom stereocenters. The zero-order valence-corrected chi connectivity index (χ0v) is 22.9. The molecule has 4 heteroatoms. The fourth-order valence-electron chi connectivity index (χ4n) is 3.70. The molecule has 0 saturated carbocycles. The summed E-state index contributed by atoms with van der Waals surface area (Å²) in [6.45, 7) is 11.4. The summed E-state index contributed by atoms with van der Waals surface area (Å²) in [7, 11) is 0. The van der Waals surface area contributed by atoms with E-state index < -0.39 is 0 Å². The Balaban J connectivity index is 4.58. The molecule has 0 aliphatic rings. The summed E-state index contributed by atoms with van der Waals surface area (Å²) in [6.07, 6.45) is 22.9. The molecule has 0 saturated heterocycles. The molecule has 0 aliphatic heterocycles. The van der Waals surface area contributed by atoms with E-state index in [1.54, 1.807) is 0 Å². The molecule has 198 valence electrons. The van der Waals surface area contributed by atoms with Gasteiger partial charge >= 0.3 is 5.95 Å². The van der Waals surface area contributed by atoms with E-state index in [-0.39, 0.29) is 6.79 Å². The molecule has 33 heavy (non-hydrogen) atoms. The van der Waals surface area contributed by atoms with E-state index in [0.717, 1.165) is 51.1 Å². The van der Waals surface area contributed by atoms with E-state index >= 15 is 0 Å². The van der Waals surface area contributed by atoms with E-state index in [1.807, 2.05) is 0 Å². The third kappa shape index (κ3) is 22.6. The van der Waals surface area contributed by atoms with Gasteiger partial charge in [0, 0.05) is 6.42 Å². The Morgan fingerprint density at radius 2 is 0.879 bits per heavy atom. The van der Waals surface area contributed by atoms with Crippen molar-refractivity contribution in [2.24, 2.45) is 0 Å². The van der Waals surface area contributed by atoms with E-state index in [4.69, 9.17) is 18.9 Å². The second-order valence-electron chi connectivity index (χ2n) is 9.28. The van der Waals surface area contributed by atoms with Crippen molar-refractivity contribution in [1.82, 2.24) is 0 Å². The summed E-state index contributed by atoms with van der Waals surface area (Å²) in [5, 5.41) is 0.